The van der Waals surface area contributed by atoms with E-state index in [9.17, 15) is 12.8 Å². The third-order valence-electron chi connectivity index (χ3n) is 3.83. The van der Waals surface area contributed by atoms with Gasteiger partial charge in [0.05, 0.1) is 11.4 Å². The highest BCUT2D eigenvalue weighted by Gasteiger charge is 2.29. The van der Waals surface area contributed by atoms with Crippen LogP contribution in [-0.4, -0.2) is 15.0 Å². The highest BCUT2D eigenvalue weighted by atomic mass is 32.2. The van der Waals surface area contributed by atoms with Gasteiger partial charge >= 0.3 is 0 Å². The summed E-state index contributed by atoms with van der Waals surface area (Å²) in [7, 11) is -3.45. The second-order valence-corrected chi connectivity index (χ2v) is 7.17. The molecule has 0 aliphatic carbocycles. The summed E-state index contributed by atoms with van der Waals surface area (Å²) in [5.74, 6) is -0.358. The predicted octanol–water partition coefficient (Wildman–Crippen LogP) is 3.03. The van der Waals surface area contributed by atoms with Crippen molar-refractivity contribution in [3.05, 3.63) is 65.0 Å². The molecule has 2 aromatic carbocycles. The van der Waals surface area contributed by atoms with Crippen molar-refractivity contribution < 1.29 is 12.8 Å². The van der Waals surface area contributed by atoms with Crippen LogP contribution in [0.2, 0.25) is 0 Å². The third-order valence-corrected chi connectivity index (χ3v) is 5.56. The number of hydrogen-bond acceptors (Lipinski definition) is 2. The molecule has 0 radical (unpaired) electrons. The summed E-state index contributed by atoms with van der Waals surface area (Å²) in [6.07, 6.45) is 0.556. The van der Waals surface area contributed by atoms with Gasteiger partial charge < -0.3 is 0 Å². The third kappa shape index (κ3) is 2.65. The SMILES string of the molecule is Cc1ccccc1CS(=O)(=O)N1CCc2cc(F)ccc21. The van der Waals surface area contributed by atoms with Gasteiger partial charge in [-0.25, -0.2) is 12.8 Å². The summed E-state index contributed by atoms with van der Waals surface area (Å²) in [6, 6.07) is 11.7. The van der Waals surface area contributed by atoms with Crippen LogP contribution in [0.15, 0.2) is 42.5 Å². The number of nitrogens with zero attached hydrogens (tertiary/aromatic N) is 1. The normalized spacial score (nSPS) is 14.3. The number of anilines is 1. The molecule has 2 aromatic rings. The Labute approximate surface area is 124 Å². The first-order chi connectivity index (χ1) is 9.97. The molecule has 0 aromatic heterocycles. The van der Waals surface area contributed by atoms with Crippen LogP contribution in [0.25, 0.3) is 0 Å². The number of aryl methyl sites for hydroxylation is 1. The Hall–Kier alpha value is -1.88. The number of sulfonamides is 1. The molecule has 3 rings (SSSR count). The lowest BCUT2D eigenvalue weighted by atomic mass is 10.1. The second kappa shape index (κ2) is 5.15. The molecule has 21 heavy (non-hydrogen) atoms. The lowest BCUT2D eigenvalue weighted by molar-refractivity contribution is 0.591. The molecule has 0 unspecified atom stereocenters. The van der Waals surface area contributed by atoms with Gasteiger partial charge in [0.25, 0.3) is 0 Å². The van der Waals surface area contributed by atoms with Gasteiger partial charge in [0.2, 0.25) is 10.0 Å². The number of benzene rings is 2. The zero-order valence-electron chi connectivity index (χ0n) is 11.7. The highest BCUT2D eigenvalue weighted by Crippen LogP contribution is 2.32. The molecular formula is C16H16FNO2S. The van der Waals surface area contributed by atoms with Crippen LogP contribution in [0.5, 0.6) is 0 Å². The highest BCUT2D eigenvalue weighted by molar-refractivity contribution is 7.92. The van der Waals surface area contributed by atoms with Crippen molar-refractivity contribution in [3.63, 3.8) is 0 Å². The first-order valence-electron chi connectivity index (χ1n) is 6.81. The molecule has 0 amide bonds. The summed E-state index contributed by atoms with van der Waals surface area (Å²) in [6.45, 7) is 2.28. The quantitative estimate of drug-likeness (QED) is 0.874. The zero-order valence-corrected chi connectivity index (χ0v) is 12.5. The average molecular weight is 305 g/mol. The summed E-state index contributed by atoms with van der Waals surface area (Å²) in [4.78, 5) is 0. The van der Waals surface area contributed by atoms with E-state index in [-0.39, 0.29) is 11.6 Å². The van der Waals surface area contributed by atoms with Crippen LogP contribution in [0, 0.1) is 12.7 Å². The van der Waals surface area contributed by atoms with Crippen molar-refractivity contribution in [1.82, 2.24) is 0 Å². The molecule has 3 nitrogen and oxygen atoms in total. The number of hydrogen-bond donors (Lipinski definition) is 0. The molecule has 0 spiro atoms. The molecule has 0 bridgehead atoms. The number of halogens is 1. The van der Waals surface area contributed by atoms with E-state index in [0.29, 0.717) is 18.7 Å². The topological polar surface area (TPSA) is 37.4 Å². The van der Waals surface area contributed by atoms with Crippen molar-refractivity contribution in [1.29, 1.82) is 0 Å². The fraction of sp³-hybridized carbons (Fsp3) is 0.250. The summed E-state index contributed by atoms with van der Waals surface area (Å²) >= 11 is 0. The van der Waals surface area contributed by atoms with E-state index >= 15 is 0 Å². The average Bonchev–Trinajstić information content (AvgIpc) is 2.85. The smallest absolute Gasteiger partial charge is 0.239 e. The van der Waals surface area contributed by atoms with Crippen molar-refractivity contribution in [3.8, 4) is 0 Å². The largest absolute Gasteiger partial charge is 0.269 e. The first kappa shape index (κ1) is 14.1. The van der Waals surface area contributed by atoms with Crippen molar-refractivity contribution in [2.24, 2.45) is 0 Å². The van der Waals surface area contributed by atoms with E-state index in [1.165, 1.54) is 16.4 Å². The van der Waals surface area contributed by atoms with Gasteiger partial charge in [0.15, 0.2) is 0 Å². The number of rotatable bonds is 3. The maximum atomic E-state index is 13.2. The van der Waals surface area contributed by atoms with Crippen LogP contribution in [-0.2, 0) is 22.2 Å². The van der Waals surface area contributed by atoms with E-state index < -0.39 is 10.0 Å². The van der Waals surface area contributed by atoms with Crippen molar-refractivity contribution in [2.45, 2.75) is 19.1 Å². The van der Waals surface area contributed by atoms with Crippen LogP contribution in [0.3, 0.4) is 0 Å². The Bertz CT molecular complexity index is 787. The predicted molar refractivity (Wildman–Crippen MR) is 81.3 cm³/mol. The van der Waals surface area contributed by atoms with E-state index in [1.807, 2.05) is 31.2 Å². The van der Waals surface area contributed by atoms with Crippen molar-refractivity contribution in [2.75, 3.05) is 10.8 Å². The minimum absolute atomic E-state index is 0.0313. The molecular weight excluding hydrogens is 289 g/mol. The molecule has 1 aliphatic rings. The van der Waals surface area contributed by atoms with Crippen LogP contribution in [0.4, 0.5) is 10.1 Å². The summed E-state index contributed by atoms with van der Waals surface area (Å²) in [5.41, 5.74) is 3.11. The maximum Gasteiger partial charge on any atom is 0.239 e. The van der Waals surface area contributed by atoms with Gasteiger partial charge in [0.1, 0.15) is 5.82 Å². The standard InChI is InChI=1S/C16H16FNO2S/c1-12-4-2-3-5-14(12)11-21(19,20)18-9-8-13-10-15(17)6-7-16(13)18/h2-7,10H,8-9,11H2,1H3. The van der Waals surface area contributed by atoms with E-state index in [2.05, 4.69) is 0 Å². The van der Waals surface area contributed by atoms with Gasteiger partial charge in [-0.3, -0.25) is 4.31 Å². The van der Waals surface area contributed by atoms with E-state index in [0.717, 1.165) is 16.7 Å². The van der Waals surface area contributed by atoms with Gasteiger partial charge in [-0.1, -0.05) is 24.3 Å². The van der Waals surface area contributed by atoms with Gasteiger partial charge in [-0.2, -0.15) is 0 Å². The second-order valence-electron chi connectivity index (χ2n) is 5.28. The molecule has 1 heterocycles. The lowest BCUT2D eigenvalue weighted by Crippen LogP contribution is -2.30. The van der Waals surface area contributed by atoms with Gasteiger partial charge in [0, 0.05) is 6.54 Å². The van der Waals surface area contributed by atoms with Gasteiger partial charge in [-0.05, 0) is 48.2 Å². The maximum absolute atomic E-state index is 13.2. The minimum atomic E-state index is -3.45. The lowest BCUT2D eigenvalue weighted by Gasteiger charge is -2.20. The molecule has 110 valence electrons. The van der Waals surface area contributed by atoms with Crippen molar-refractivity contribution >= 4 is 15.7 Å². The molecule has 0 fully saturated rings. The fourth-order valence-corrected chi connectivity index (χ4v) is 4.40. The molecule has 0 N–H and O–H groups in total. The van der Waals surface area contributed by atoms with Crippen LogP contribution >= 0.6 is 0 Å². The number of fused-ring (bicyclic) bond motifs is 1. The Balaban J connectivity index is 1.93. The zero-order chi connectivity index (χ0) is 15.0. The first-order valence-corrected chi connectivity index (χ1v) is 8.42. The Morgan fingerprint density at radius 2 is 1.95 bits per heavy atom. The Morgan fingerprint density at radius 1 is 1.19 bits per heavy atom. The fourth-order valence-electron chi connectivity index (χ4n) is 2.68. The van der Waals surface area contributed by atoms with Gasteiger partial charge in [-0.15, -0.1) is 0 Å². The minimum Gasteiger partial charge on any atom is -0.269 e. The van der Waals surface area contributed by atoms with E-state index in [4.69, 9.17) is 0 Å². The molecule has 5 heteroatoms. The Morgan fingerprint density at radius 3 is 2.71 bits per heavy atom. The van der Waals surface area contributed by atoms with E-state index in [1.54, 1.807) is 6.07 Å². The molecule has 0 saturated carbocycles. The molecule has 0 saturated heterocycles. The summed E-state index contributed by atoms with van der Waals surface area (Å²) in [5, 5.41) is 0. The Kier molecular flexibility index (Phi) is 3.45. The molecule has 1 aliphatic heterocycles. The van der Waals surface area contributed by atoms with Crippen LogP contribution < -0.4 is 4.31 Å². The van der Waals surface area contributed by atoms with Crippen LogP contribution in [0.1, 0.15) is 16.7 Å². The summed E-state index contributed by atoms with van der Waals surface area (Å²) < 4.78 is 39.9. The monoisotopic (exact) mass is 305 g/mol. The molecule has 0 atom stereocenters.